The first-order valence-electron chi connectivity index (χ1n) is 8.01. The number of rotatable bonds is 1. The molecule has 2 heterocycles. The van der Waals surface area contributed by atoms with Gasteiger partial charge in [-0.1, -0.05) is 19.4 Å². The molecule has 2 saturated heterocycles. The second kappa shape index (κ2) is 4.04. The van der Waals surface area contributed by atoms with Crippen molar-refractivity contribution in [2.24, 2.45) is 17.3 Å². The van der Waals surface area contributed by atoms with Crippen molar-refractivity contribution in [1.29, 1.82) is 0 Å². The second-order valence-corrected chi connectivity index (χ2v) is 7.48. The van der Waals surface area contributed by atoms with Crippen molar-refractivity contribution >= 4 is 17.7 Å². The number of carbonyl (C=O) groups is 3. The van der Waals surface area contributed by atoms with Gasteiger partial charge in [0.1, 0.15) is 6.10 Å². The summed E-state index contributed by atoms with van der Waals surface area (Å²) in [5.74, 6) is -2.31. The van der Waals surface area contributed by atoms with Crippen molar-refractivity contribution < 1.29 is 28.6 Å². The van der Waals surface area contributed by atoms with Gasteiger partial charge in [-0.3, -0.25) is 14.4 Å². The molecule has 1 saturated carbocycles. The molecule has 6 nitrogen and oxygen atoms in total. The molecule has 4 rings (SSSR count). The smallest absolute Gasteiger partial charge is 0.314 e. The summed E-state index contributed by atoms with van der Waals surface area (Å²) in [5.41, 5.74) is -0.624. The van der Waals surface area contributed by atoms with E-state index in [1.54, 1.807) is 13.0 Å². The van der Waals surface area contributed by atoms with E-state index in [0.29, 0.717) is 12.8 Å². The van der Waals surface area contributed by atoms with Crippen molar-refractivity contribution in [2.75, 3.05) is 0 Å². The highest BCUT2D eigenvalue weighted by Gasteiger charge is 2.90. The van der Waals surface area contributed by atoms with Gasteiger partial charge in [-0.25, -0.2) is 0 Å². The number of fused-ring (bicyclic) bond motifs is 1. The molecule has 0 N–H and O–H groups in total. The van der Waals surface area contributed by atoms with Crippen LogP contribution in [0, 0.1) is 17.3 Å². The minimum Gasteiger partial charge on any atom is -0.458 e. The zero-order chi connectivity index (χ0) is 16.8. The molecule has 0 spiro atoms. The van der Waals surface area contributed by atoms with Crippen LogP contribution >= 0.6 is 0 Å². The molecule has 0 unspecified atom stereocenters. The Morgan fingerprint density at radius 1 is 1.35 bits per heavy atom. The monoisotopic (exact) mass is 320 g/mol. The molecule has 6 heteroatoms. The van der Waals surface area contributed by atoms with Crippen molar-refractivity contribution in [3.63, 3.8) is 0 Å². The molecular weight excluding hydrogens is 300 g/mol. The normalized spacial score (nSPS) is 50.3. The molecule has 124 valence electrons. The molecule has 2 aliphatic heterocycles. The Morgan fingerprint density at radius 2 is 2.04 bits per heavy atom. The Hall–Kier alpha value is -1.69. The first-order chi connectivity index (χ1) is 10.7. The van der Waals surface area contributed by atoms with E-state index in [1.807, 2.05) is 13.8 Å². The number of hydrogen-bond donors (Lipinski definition) is 0. The molecule has 23 heavy (non-hydrogen) atoms. The van der Waals surface area contributed by atoms with Crippen molar-refractivity contribution in [1.82, 2.24) is 0 Å². The number of carbonyl (C=O) groups excluding carboxylic acids is 3. The first kappa shape index (κ1) is 14.9. The van der Waals surface area contributed by atoms with Crippen LogP contribution in [0.4, 0.5) is 0 Å². The van der Waals surface area contributed by atoms with Crippen LogP contribution in [0.5, 0.6) is 0 Å². The Balaban J connectivity index is 1.90. The zero-order valence-corrected chi connectivity index (χ0v) is 13.7. The fourth-order valence-electron chi connectivity index (χ4n) is 4.86. The fraction of sp³-hybridized carbons (Fsp3) is 0.706. The molecule has 0 bridgehead atoms. The molecule has 3 fully saturated rings. The topological polar surface area (TPSA) is 82.2 Å². The minimum absolute atomic E-state index is 0.0150. The maximum absolute atomic E-state index is 12.1. The van der Waals surface area contributed by atoms with Crippen LogP contribution in [0.1, 0.15) is 40.5 Å². The van der Waals surface area contributed by atoms with E-state index >= 15 is 0 Å². The van der Waals surface area contributed by atoms with E-state index in [2.05, 4.69) is 0 Å². The summed E-state index contributed by atoms with van der Waals surface area (Å²) in [4.78, 5) is 35.9. The molecule has 6 atom stereocenters. The van der Waals surface area contributed by atoms with Crippen molar-refractivity contribution in [3.05, 3.63) is 11.6 Å². The lowest BCUT2D eigenvalue weighted by Crippen LogP contribution is -2.59. The van der Waals surface area contributed by atoms with Gasteiger partial charge in [0.25, 0.3) is 5.79 Å². The van der Waals surface area contributed by atoms with Crippen LogP contribution in [0.15, 0.2) is 11.6 Å². The van der Waals surface area contributed by atoms with Gasteiger partial charge >= 0.3 is 11.9 Å². The molecule has 0 aromatic carbocycles. The average molecular weight is 320 g/mol. The Kier molecular flexibility index (Phi) is 2.61. The molecule has 4 aliphatic rings. The molecule has 0 aromatic heterocycles. The Labute approximate surface area is 134 Å². The fourth-order valence-corrected chi connectivity index (χ4v) is 4.86. The van der Waals surface area contributed by atoms with Crippen LogP contribution in [0.3, 0.4) is 0 Å². The standard InChI is InChI=1S/C17H20O6/c1-8-5-12(19)6-11-7-16-17(23-16,9(2)13(20)22-16)14(15(8,11)4)21-10(3)18/h6,8-9,14H,5,7H2,1-4H3/t8-,9+,14-,15+,16+,17-/m0/s1. The molecular formula is C17H20O6. The number of ketones is 1. The third-order valence-electron chi connectivity index (χ3n) is 6.35. The van der Waals surface area contributed by atoms with Gasteiger partial charge in [-0.05, 0) is 18.9 Å². The van der Waals surface area contributed by atoms with E-state index in [9.17, 15) is 14.4 Å². The van der Waals surface area contributed by atoms with Crippen LogP contribution in [0.2, 0.25) is 0 Å². The lowest BCUT2D eigenvalue weighted by Gasteiger charge is -2.49. The lowest BCUT2D eigenvalue weighted by molar-refractivity contribution is -0.167. The highest BCUT2D eigenvalue weighted by Crippen LogP contribution is 2.73. The van der Waals surface area contributed by atoms with Crippen molar-refractivity contribution in [2.45, 2.75) is 58.0 Å². The molecule has 2 aliphatic carbocycles. The van der Waals surface area contributed by atoms with Crippen LogP contribution < -0.4 is 0 Å². The van der Waals surface area contributed by atoms with Gasteiger partial charge in [0, 0.05) is 25.2 Å². The Bertz CT molecular complexity index is 681. The summed E-state index contributed by atoms with van der Waals surface area (Å²) in [6.45, 7) is 7.09. The SMILES string of the molecule is CC(=O)O[C@H]1[C@@]2(C)C(=CC(=O)C[C@@H]2C)C[C@]23OC(=O)[C@@H](C)[C@]12O3. The van der Waals surface area contributed by atoms with Gasteiger partial charge in [0.05, 0.1) is 5.92 Å². The van der Waals surface area contributed by atoms with E-state index in [1.165, 1.54) is 6.92 Å². The van der Waals surface area contributed by atoms with Crippen LogP contribution in [-0.2, 0) is 28.6 Å². The van der Waals surface area contributed by atoms with Gasteiger partial charge in [0.2, 0.25) is 0 Å². The number of epoxide rings is 1. The lowest BCUT2D eigenvalue weighted by atomic mass is 9.54. The van der Waals surface area contributed by atoms with Crippen LogP contribution in [-0.4, -0.2) is 35.2 Å². The first-order valence-corrected chi connectivity index (χ1v) is 8.01. The van der Waals surface area contributed by atoms with Gasteiger partial charge in [0.15, 0.2) is 11.4 Å². The van der Waals surface area contributed by atoms with Crippen LogP contribution in [0.25, 0.3) is 0 Å². The van der Waals surface area contributed by atoms with Gasteiger partial charge in [-0.15, -0.1) is 0 Å². The summed E-state index contributed by atoms with van der Waals surface area (Å²) >= 11 is 0. The maximum atomic E-state index is 12.1. The van der Waals surface area contributed by atoms with E-state index in [4.69, 9.17) is 14.2 Å². The number of esters is 2. The largest absolute Gasteiger partial charge is 0.458 e. The molecule has 0 radical (unpaired) electrons. The van der Waals surface area contributed by atoms with E-state index in [-0.39, 0.29) is 17.7 Å². The Morgan fingerprint density at radius 3 is 2.70 bits per heavy atom. The summed E-state index contributed by atoms with van der Waals surface area (Å²) in [7, 11) is 0. The van der Waals surface area contributed by atoms with E-state index < -0.39 is 34.8 Å². The van der Waals surface area contributed by atoms with Crippen molar-refractivity contribution in [3.8, 4) is 0 Å². The zero-order valence-electron chi connectivity index (χ0n) is 13.7. The molecule has 0 amide bonds. The predicted molar refractivity (Wildman–Crippen MR) is 77.0 cm³/mol. The number of ether oxygens (including phenoxy) is 3. The van der Waals surface area contributed by atoms with E-state index in [0.717, 1.165) is 5.57 Å². The predicted octanol–water partition coefficient (Wildman–Crippen LogP) is 1.52. The highest BCUT2D eigenvalue weighted by atomic mass is 16.8. The second-order valence-electron chi connectivity index (χ2n) is 7.48. The minimum atomic E-state index is -1.08. The summed E-state index contributed by atoms with van der Waals surface area (Å²) < 4.78 is 17.1. The molecule has 0 aromatic rings. The summed E-state index contributed by atoms with van der Waals surface area (Å²) in [6.07, 6.45) is 1.74. The maximum Gasteiger partial charge on any atom is 0.314 e. The number of allylic oxidation sites excluding steroid dienone is 1. The third kappa shape index (κ3) is 1.50. The van der Waals surface area contributed by atoms with Gasteiger partial charge < -0.3 is 14.2 Å². The summed E-state index contributed by atoms with van der Waals surface area (Å²) in [6, 6.07) is 0. The van der Waals surface area contributed by atoms with Gasteiger partial charge in [-0.2, -0.15) is 0 Å². The summed E-state index contributed by atoms with van der Waals surface area (Å²) in [5, 5.41) is 0. The number of hydrogen-bond acceptors (Lipinski definition) is 6. The quantitative estimate of drug-likeness (QED) is 0.538. The average Bonchev–Trinajstić information content (AvgIpc) is 3.03. The highest BCUT2D eigenvalue weighted by molar-refractivity contribution is 5.92. The third-order valence-corrected chi connectivity index (χ3v) is 6.35.